The van der Waals surface area contributed by atoms with Gasteiger partial charge in [-0.2, -0.15) is 0 Å². The Morgan fingerprint density at radius 3 is 2.83 bits per heavy atom. The van der Waals surface area contributed by atoms with Crippen molar-refractivity contribution in [2.45, 2.75) is 32.1 Å². The SMILES string of the molecule is O=C(/C=C/c1ccco1)Nc1sc2c(c1C(=O)[O-])CCCCC2. The summed E-state index contributed by atoms with van der Waals surface area (Å²) in [7, 11) is 0. The highest BCUT2D eigenvalue weighted by molar-refractivity contribution is 7.17. The van der Waals surface area contributed by atoms with E-state index in [1.807, 2.05) is 0 Å². The lowest BCUT2D eigenvalue weighted by molar-refractivity contribution is -0.254. The Balaban J connectivity index is 1.82. The first-order valence-electron chi connectivity index (χ1n) is 7.53. The lowest BCUT2D eigenvalue weighted by atomic mass is 10.1. The first-order chi connectivity index (χ1) is 11.1. The molecule has 1 N–H and O–H groups in total. The highest BCUT2D eigenvalue weighted by Crippen LogP contribution is 2.37. The Hall–Kier alpha value is -2.34. The summed E-state index contributed by atoms with van der Waals surface area (Å²) in [5, 5.41) is 14.5. The van der Waals surface area contributed by atoms with Gasteiger partial charge in [0.1, 0.15) is 10.8 Å². The molecular formula is C17H16NO4S-. The molecule has 23 heavy (non-hydrogen) atoms. The summed E-state index contributed by atoms with van der Waals surface area (Å²) in [6, 6.07) is 3.45. The minimum absolute atomic E-state index is 0.145. The number of rotatable bonds is 4. The summed E-state index contributed by atoms with van der Waals surface area (Å²) in [6.07, 6.45) is 9.08. The van der Waals surface area contributed by atoms with E-state index in [1.54, 1.807) is 12.1 Å². The fourth-order valence-corrected chi connectivity index (χ4v) is 4.02. The van der Waals surface area contributed by atoms with Crippen LogP contribution in [0.25, 0.3) is 6.08 Å². The van der Waals surface area contributed by atoms with Crippen LogP contribution in [0.3, 0.4) is 0 Å². The molecule has 120 valence electrons. The number of hydrogen-bond donors (Lipinski definition) is 1. The normalized spacial score (nSPS) is 14.4. The Bertz CT molecular complexity index is 743. The van der Waals surface area contributed by atoms with Crippen LogP contribution in [0.15, 0.2) is 28.9 Å². The van der Waals surface area contributed by atoms with Gasteiger partial charge in [0.15, 0.2) is 0 Å². The molecule has 0 bridgehead atoms. The molecule has 1 aliphatic rings. The number of carbonyl (C=O) groups is 2. The molecular weight excluding hydrogens is 314 g/mol. The maximum absolute atomic E-state index is 12.0. The number of aryl methyl sites for hydroxylation is 1. The monoisotopic (exact) mass is 330 g/mol. The number of carboxylic acid groups (broad SMARTS) is 1. The van der Waals surface area contributed by atoms with E-state index < -0.39 is 5.97 Å². The molecule has 0 aliphatic heterocycles. The van der Waals surface area contributed by atoms with Crippen molar-refractivity contribution in [2.75, 3.05) is 5.32 Å². The molecule has 1 aliphatic carbocycles. The summed E-state index contributed by atoms with van der Waals surface area (Å²) in [5.74, 6) is -1.06. The number of nitrogens with one attached hydrogen (secondary N) is 1. The molecule has 5 nitrogen and oxygen atoms in total. The second-order valence-corrected chi connectivity index (χ2v) is 6.50. The van der Waals surface area contributed by atoms with Gasteiger partial charge in [0.25, 0.3) is 0 Å². The molecule has 6 heteroatoms. The van der Waals surface area contributed by atoms with Crippen molar-refractivity contribution in [1.29, 1.82) is 0 Å². The van der Waals surface area contributed by atoms with Crippen molar-refractivity contribution >= 4 is 34.3 Å². The van der Waals surface area contributed by atoms with E-state index in [9.17, 15) is 14.7 Å². The molecule has 2 heterocycles. The highest BCUT2D eigenvalue weighted by atomic mass is 32.1. The van der Waals surface area contributed by atoms with Gasteiger partial charge in [0, 0.05) is 16.5 Å². The Morgan fingerprint density at radius 2 is 2.09 bits per heavy atom. The van der Waals surface area contributed by atoms with Crippen molar-refractivity contribution in [3.63, 3.8) is 0 Å². The zero-order chi connectivity index (χ0) is 16.2. The highest BCUT2D eigenvalue weighted by Gasteiger charge is 2.21. The first-order valence-corrected chi connectivity index (χ1v) is 8.35. The van der Waals surface area contributed by atoms with Crippen molar-refractivity contribution < 1.29 is 19.1 Å². The predicted octanol–water partition coefficient (Wildman–Crippen LogP) is 2.63. The molecule has 2 aromatic heterocycles. The Morgan fingerprint density at radius 1 is 1.26 bits per heavy atom. The van der Waals surface area contributed by atoms with Crippen LogP contribution in [0, 0.1) is 0 Å². The first kappa shape index (κ1) is 15.6. The van der Waals surface area contributed by atoms with Crippen LogP contribution >= 0.6 is 11.3 Å². The summed E-state index contributed by atoms with van der Waals surface area (Å²) >= 11 is 1.35. The third-order valence-electron chi connectivity index (χ3n) is 3.80. The van der Waals surface area contributed by atoms with Crippen molar-refractivity contribution in [3.8, 4) is 0 Å². The van der Waals surface area contributed by atoms with Crippen LogP contribution in [0.5, 0.6) is 0 Å². The number of thiophene rings is 1. The van der Waals surface area contributed by atoms with Gasteiger partial charge < -0.3 is 19.6 Å². The van der Waals surface area contributed by atoms with E-state index in [1.165, 1.54) is 29.8 Å². The third kappa shape index (κ3) is 3.53. The molecule has 0 saturated carbocycles. The summed E-state index contributed by atoms with van der Waals surface area (Å²) < 4.78 is 5.11. The van der Waals surface area contributed by atoms with Crippen molar-refractivity contribution in [1.82, 2.24) is 0 Å². The van der Waals surface area contributed by atoms with Gasteiger partial charge in [0.05, 0.1) is 12.2 Å². The molecule has 3 rings (SSSR count). The minimum atomic E-state index is -1.23. The van der Waals surface area contributed by atoms with Gasteiger partial charge in [-0.25, -0.2) is 0 Å². The molecule has 0 aromatic carbocycles. The molecule has 0 unspecified atom stereocenters. The van der Waals surface area contributed by atoms with Gasteiger partial charge in [-0.1, -0.05) is 6.42 Å². The van der Waals surface area contributed by atoms with E-state index in [2.05, 4.69) is 5.32 Å². The van der Waals surface area contributed by atoms with Gasteiger partial charge in [-0.15, -0.1) is 11.3 Å². The number of hydrogen-bond acceptors (Lipinski definition) is 5. The number of anilines is 1. The zero-order valence-electron chi connectivity index (χ0n) is 12.5. The summed E-state index contributed by atoms with van der Waals surface area (Å²) in [6.45, 7) is 0. The second kappa shape index (κ2) is 6.83. The standard InChI is InChI=1S/C17H17NO4S/c19-14(9-8-11-5-4-10-22-11)18-16-15(17(20)21)12-6-2-1-3-7-13(12)23-16/h4-5,8-10H,1-3,6-7H2,(H,18,19)(H,20,21)/p-1/b9-8+. The van der Waals surface area contributed by atoms with Crippen molar-refractivity contribution in [3.05, 3.63) is 46.2 Å². The number of aromatic carboxylic acids is 1. The zero-order valence-corrected chi connectivity index (χ0v) is 13.3. The average Bonchev–Trinajstić information content (AvgIpc) is 3.08. The fourth-order valence-electron chi connectivity index (χ4n) is 2.74. The van der Waals surface area contributed by atoms with E-state index >= 15 is 0 Å². The molecule has 0 fully saturated rings. The lowest BCUT2D eigenvalue weighted by Gasteiger charge is -2.08. The van der Waals surface area contributed by atoms with Gasteiger partial charge >= 0.3 is 0 Å². The third-order valence-corrected chi connectivity index (χ3v) is 5.01. The maximum atomic E-state index is 12.0. The van der Waals surface area contributed by atoms with E-state index in [0.29, 0.717) is 10.8 Å². The molecule has 2 aromatic rings. The van der Waals surface area contributed by atoms with Crippen LogP contribution in [0.2, 0.25) is 0 Å². The topological polar surface area (TPSA) is 82.4 Å². The van der Waals surface area contributed by atoms with Crippen LogP contribution in [0.4, 0.5) is 5.00 Å². The number of carboxylic acids is 1. The fraction of sp³-hybridized carbons (Fsp3) is 0.294. The molecule has 0 radical (unpaired) electrons. The summed E-state index contributed by atoms with van der Waals surface area (Å²) in [5.41, 5.74) is 0.976. The largest absolute Gasteiger partial charge is 0.545 e. The Kier molecular flexibility index (Phi) is 4.62. The molecule has 1 amide bonds. The van der Waals surface area contributed by atoms with Crippen LogP contribution in [-0.2, 0) is 17.6 Å². The smallest absolute Gasteiger partial charge is 0.249 e. The van der Waals surface area contributed by atoms with E-state index in [0.717, 1.165) is 42.5 Å². The van der Waals surface area contributed by atoms with Crippen molar-refractivity contribution in [2.24, 2.45) is 0 Å². The predicted molar refractivity (Wildman–Crippen MR) is 86.3 cm³/mol. The minimum Gasteiger partial charge on any atom is -0.545 e. The molecule has 0 saturated heterocycles. The average molecular weight is 330 g/mol. The molecule has 0 atom stereocenters. The van der Waals surface area contributed by atoms with E-state index in [-0.39, 0.29) is 11.5 Å². The number of fused-ring (bicyclic) bond motifs is 1. The number of furan rings is 1. The summed E-state index contributed by atoms with van der Waals surface area (Å²) in [4.78, 5) is 24.6. The number of carbonyl (C=O) groups excluding carboxylic acids is 2. The second-order valence-electron chi connectivity index (χ2n) is 5.39. The Labute approximate surface area is 137 Å². The van der Waals surface area contributed by atoms with Crippen LogP contribution < -0.4 is 10.4 Å². The maximum Gasteiger partial charge on any atom is 0.249 e. The lowest BCUT2D eigenvalue weighted by Crippen LogP contribution is -2.25. The molecule has 0 spiro atoms. The number of amides is 1. The van der Waals surface area contributed by atoms with Gasteiger partial charge in [-0.3, -0.25) is 4.79 Å². The van der Waals surface area contributed by atoms with Gasteiger partial charge in [-0.05, 0) is 49.5 Å². The van der Waals surface area contributed by atoms with Gasteiger partial charge in [0.2, 0.25) is 5.91 Å². The van der Waals surface area contributed by atoms with Crippen LogP contribution in [0.1, 0.15) is 45.8 Å². The van der Waals surface area contributed by atoms with Crippen LogP contribution in [-0.4, -0.2) is 11.9 Å². The van der Waals surface area contributed by atoms with E-state index in [4.69, 9.17) is 4.42 Å². The quantitative estimate of drug-likeness (QED) is 0.690.